The Labute approximate surface area is 126 Å². The van der Waals surface area contributed by atoms with Crippen LogP contribution in [-0.4, -0.2) is 46.9 Å². The van der Waals surface area contributed by atoms with Crippen LogP contribution in [0.2, 0.25) is 0 Å². The molecule has 118 valence electrons. The third kappa shape index (κ3) is 4.54. The van der Waals surface area contributed by atoms with Gasteiger partial charge in [0.25, 0.3) is 0 Å². The maximum Gasteiger partial charge on any atom is 0.158 e. The highest BCUT2D eigenvalue weighted by Crippen LogP contribution is 2.26. The predicted octanol–water partition coefficient (Wildman–Crippen LogP) is 1.80. The molecular weight excluding hydrogens is 268 g/mol. The number of aliphatic hydroxyl groups is 1. The van der Waals surface area contributed by atoms with Gasteiger partial charge in [-0.3, -0.25) is 0 Å². The summed E-state index contributed by atoms with van der Waals surface area (Å²) in [7, 11) is 0. The van der Waals surface area contributed by atoms with Gasteiger partial charge in [-0.25, -0.2) is 9.97 Å². The fourth-order valence-electron chi connectivity index (χ4n) is 2.39. The number of β-amino-alcohol motifs (C(OH)–C–C–N with tert-alkyl or cyclic N) is 1. The molecule has 0 bridgehead atoms. The molecule has 2 N–H and O–H groups in total. The summed E-state index contributed by atoms with van der Waals surface area (Å²) in [5, 5.41) is 13.4. The number of nitrogens with one attached hydrogen (secondary N) is 1. The lowest BCUT2D eigenvalue weighted by Gasteiger charge is -2.21. The van der Waals surface area contributed by atoms with Gasteiger partial charge in [0.1, 0.15) is 18.2 Å². The van der Waals surface area contributed by atoms with Gasteiger partial charge in [-0.15, -0.1) is 0 Å². The lowest BCUT2D eigenvalue weighted by Crippen LogP contribution is -2.30. The number of hydrogen-bond donors (Lipinski definition) is 2. The van der Waals surface area contributed by atoms with Crippen LogP contribution in [0.25, 0.3) is 0 Å². The second kappa shape index (κ2) is 7.04. The summed E-state index contributed by atoms with van der Waals surface area (Å²) in [4.78, 5) is 11.2. The minimum absolute atomic E-state index is 0.412. The zero-order valence-electron chi connectivity index (χ0n) is 13.2. The van der Waals surface area contributed by atoms with E-state index < -0.39 is 5.60 Å². The Morgan fingerprint density at radius 1 is 1.43 bits per heavy atom. The molecule has 1 saturated heterocycles. The predicted molar refractivity (Wildman–Crippen MR) is 83.6 cm³/mol. The standard InChI is InChI=1S/C15H26N4O2/c1-4-7-16-12-9-14(18-13(17-12)10-21-5-2)19-8-6-15(3,20)11-19/h9,20H,4-8,10-11H2,1-3H3,(H,16,17,18). The van der Waals surface area contributed by atoms with Crippen LogP contribution < -0.4 is 10.2 Å². The highest BCUT2D eigenvalue weighted by Gasteiger charge is 2.32. The molecule has 0 amide bonds. The normalized spacial score (nSPS) is 21.8. The first-order valence-electron chi connectivity index (χ1n) is 7.71. The van der Waals surface area contributed by atoms with Gasteiger partial charge in [-0.05, 0) is 26.7 Å². The fourth-order valence-corrected chi connectivity index (χ4v) is 2.39. The average molecular weight is 294 g/mol. The fraction of sp³-hybridized carbons (Fsp3) is 0.733. The monoisotopic (exact) mass is 294 g/mol. The lowest BCUT2D eigenvalue weighted by atomic mass is 10.1. The molecule has 0 aromatic carbocycles. The maximum absolute atomic E-state index is 10.1. The van der Waals surface area contributed by atoms with Crippen molar-refractivity contribution < 1.29 is 9.84 Å². The van der Waals surface area contributed by atoms with Crippen LogP contribution in [0.4, 0.5) is 11.6 Å². The molecular formula is C15H26N4O2. The molecule has 6 heteroatoms. The highest BCUT2D eigenvalue weighted by molar-refractivity contribution is 5.50. The molecule has 6 nitrogen and oxygen atoms in total. The van der Waals surface area contributed by atoms with E-state index >= 15 is 0 Å². The number of ether oxygens (including phenoxy) is 1. The van der Waals surface area contributed by atoms with Crippen molar-refractivity contribution in [2.75, 3.05) is 36.5 Å². The van der Waals surface area contributed by atoms with Gasteiger partial charge >= 0.3 is 0 Å². The van der Waals surface area contributed by atoms with Crippen molar-refractivity contribution in [1.82, 2.24) is 9.97 Å². The van der Waals surface area contributed by atoms with Gasteiger partial charge in [0.2, 0.25) is 0 Å². The van der Waals surface area contributed by atoms with E-state index in [1.54, 1.807) is 0 Å². The minimum atomic E-state index is -0.637. The third-order valence-electron chi connectivity index (χ3n) is 3.53. The van der Waals surface area contributed by atoms with Crippen molar-refractivity contribution in [3.8, 4) is 0 Å². The van der Waals surface area contributed by atoms with Crippen LogP contribution in [0.3, 0.4) is 0 Å². The summed E-state index contributed by atoms with van der Waals surface area (Å²) in [6.45, 7) is 9.29. The maximum atomic E-state index is 10.1. The van der Waals surface area contributed by atoms with Crippen molar-refractivity contribution in [2.45, 2.75) is 45.8 Å². The Morgan fingerprint density at radius 2 is 2.24 bits per heavy atom. The van der Waals surface area contributed by atoms with E-state index in [1.165, 1.54) is 0 Å². The molecule has 0 spiro atoms. The van der Waals surface area contributed by atoms with Gasteiger partial charge in [0.15, 0.2) is 5.82 Å². The number of rotatable bonds is 7. The van der Waals surface area contributed by atoms with Crippen LogP contribution in [0.15, 0.2) is 6.07 Å². The molecule has 0 radical (unpaired) electrons. The summed E-state index contributed by atoms with van der Waals surface area (Å²) >= 11 is 0. The van der Waals surface area contributed by atoms with Crippen molar-refractivity contribution in [3.05, 3.63) is 11.9 Å². The minimum Gasteiger partial charge on any atom is -0.388 e. The van der Waals surface area contributed by atoms with E-state index in [2.05, 4.69) is 27.1 Å². The molecule has 1 aliphatic heterocycles. The molecule has 1 atom stereocenters. The van der Waals surface area contributed by atoms with Crippen LogP contribution in [-0.2, 0) is 11.3 Å². The Morgan fingerprint density at radius 3 is 2.86 bits per heavy atom. The van der Waals surface area contributed by atoms with Crippen LogP contribution in [0.1, 0.15) is 39.4 Å². The topological polar surface area (TPSA) is 70.5 Å². The van der Waals surface area contributed by atoms with E-state index in [0.717, 1.165) is 37.6 Å². The van der Waals surface area contributed by atoms with E-state index in [9.17, 15) is 5.11 Å². The van der Waals surface area contributed by atoms with Gasteiger partial charge < -0.3 is 20.1 Å². The van der Waals surface area contributed by atoms with Crippen molar-refractivity contribution >= 4 is 11.6 Å². The number of anilines is 2. The second-order valence-corrected chi connectivity index (χ2v) is 5.76. The Kier molecular flexibility index (Phi) is 5.36. The Bertz CT molecular complexity index is 439. The highest BCUT2D eigenvalue weighted by atomic mass is 16.5. The van der Waals surface area contributed by atoms with E-state index in [4.69, 9.17) is 4.74 Å². The zero-order chi connectivity index (χ0) is 15.3. The first kappa shape index (κ1) is 16.0. The molecule has 1 unspecified atom stereocenters. The van der Waals surface area contributed by atoms with Gasteiger partial charge in [-0.2, -0.15) is 0 Å². The summed E-state index contributed by atoms with van der Waals surface area (Å²) in [6.07, 6.45) is 1.80. The quantitative estimate of drug-likeness (QED) is 0.799. The average Bonchev–Trinajstić information content (AvgIpc) is 2.83. The van der Waals surface area contributed by atoms with E-state index in [-0.39, 0.29) is 0 Å². The van der Waals surface area contributed by atoms with Crippen LogP contribution in [0, 0.1) is 0 Å². The molecule has 0 aliphatic carbocycles. The summed E-state index contributed by atoms with van der Waals surface area (Å²) < 4.78 is 5.42. The van der Waals surface area contributed by atoms with Crippen molar-refractivity contribution in [2.24, 2.45) is 0 Å². The van der Waals surface area contributed by atoms with Crippen molar-refractivity contribution in [3.63, 3.8) is 0 Å². The molecule has 1 aromatic rings. The smallest absolute Gasteiger partial charge is 0.158 e. The van der Waals surface area contributed by atoms with Crippen LogP contribution >= 0.6 is 0 Å². The number of aromatic nitrogens is 2. The molecule has 0 saturated carbocycles. The summed E-state index contributed by atoms with van der Waals surface area (Å²) in [5.74, 6) is 2.36. The van der Waals surface area contributed by atoms with E-state index in [1.807, 2.05) is 19.9 Å². The SMILES string of the molecule is CCCNc1cc(N2CCC(C)(O)C2)nc(COCC)n1. The van der Waals surface area contributed by atoms with Crippen molar-refractivity contribution in [1.29, 1.82) is 0 Å². The van der Waals surface area contributed by atoms with Gasteiger partial charge in [0, 0.05) is 32.3 Å². The number of hydrogen-bond acceptors (Lipinski definition) is 6. The molecule has 2 heterocycles. The zero-order valence-corrected chi connectivity index (χ0v) is 13.2. The Hall–Kier alpha value is -1.40. The molecule has 21 heavy (non-hydrogen) atoms. The molecule has 1 fully saturated rings. The second-order valence-electron chi connectivity index (χ2n) is 5.76. The molecule has 1 aromatic heterocycles. The first-order valence-corrected chi connectivity index (χ1v) is 7.71. The Balaban J connectivity index is 2.18. The lowest BCUT2D eigenvalue weighted by molar-refractivity contribution is 0.0839. The van der Waals surface area contributed by atoms with Gasteiger partial charge in [-0.1, -0.05) is 6.92 Å². The number of nitrogens with zero attached hydrogens (tertiary/aromatic N) is 3. The first-order chi connectivity index (χ1) is 10.0. The van der Waals surface area contributed by atoms with Crippen LogP contribution in [0.5, 0.6) is 0 Å². The summed E-state index contributed by atoms with van der Waals surface area (Å²) in [6, 6.07) is 1.95. The van der Waals surface area contributed by atoms with Gasteiger partial charge in [0.05, 0.1) is 5.60 Å². The summed E-state index contributed by atoms with van der Waals surface area (Å²) in [5.41, 5.74) is -0.637. The molecule has 1 aliphatic rings. The third-order valence-corrected chi connectivity index (χ3v) is 3.53. The molecule has 2 rings (SSSR count). The largest absolute Gasteiger partial charge is 0.388 e. The van der Waals surface area contributed by atoms with E-state index in [0.29, 0.717) is 25.6 Å².